The van der Waals surface area contributed by atoms with E-state index in [0.717, 1.165) is 38.8 Å². The third kappa shape index (κ3) is 2.41. The van der Waals surface area contributed by atoms with Crippen molar-refractivity contribution in [1.29, 1.82) is 0 Å². The number of carbonyl (C=O) groups excluding carboxylic acids is 1. The number of amides is 1. The number of ether oxygens (including phenoxy) is 1. The Hall–Kier alpha value is -0.770. The van der Waals surface area contributed by atoms with Gasteiger partial charge in [-0.25, -0.2) is 4.79 Å². The quantitative estimate of drug-likeness (QED) is 0.764. The zero-order valence-electron chi connectivity index (χ0n) is 11.2. The van der Waals surface area contributed by atoms with Gasteiger partial charge < -0.3 is 15.4 Å². The topological polar surface area (TPSA) is 55.6 Å². The summed E-state index contributed by atoms with van der Waals surface area (Å²) in [5, 5.41) is 0. The van der Waals surface area contributed by atoms with Gasteiger partial charge in [-0.3, -0.25) is 0 Å². The predicted octanol–water partition coefficient (Wildman–Crippen LogP) is 2.12. The van der Waals surface area contributed by atoms with Crippen LogP contribution in [0, 0.1) is 5.92 Å². The molecule has 1 heterocycles. The van der Waals surface area contributed by atoms with E-state index in [9.17, 15) is 4.79 Å². The van der Waals surface area contributed by atoms with Crippen LogP contribution in [0.5, 0.6) is 0 Å². The lowest BCUT2D eigenvalue weighted by molar-refractivity contribution is -0.0259. The Balaban J connectivity index is 1.99. The first-order valence-electron chi connectivity index (χ1n) is 6.57. The Morgan fingerprint density at radius 3 is 2.65 bits per heavy atom. The zero-order chi connectivity index (χ0) is 12.7. The summed E-state index contributed by atoms with van der Waals surface area (Å²) in [6.07, 6.45) is 4.18. The first-order chi connectivity index (χ1) is 7.86. The summed E-state index contributed by atoms with van der Waals surface area (Å²) in [6, 6.07) is 0. The van der Waals surface area contributed by atoms with Crippen molar-refractivity contribution in [1.82, 2.24) is 4.90 Å². The van der Waals surface area contributed by atoms with Crippen molar-refractivity contribution in [3.63, 3.8) is 0 Å². The van der Waals surface area contributed by atoms with E-state index >= 15 is 0 Å². The summed E-state index contributed by atoms with van der Waals surface area (Å²) >= 11 is 0. The molecule has 0 bridgehead atoms. The van der Waals surface area contributed by atoms with Crippen molar-refractivity contribution < 1.29 is 9.53 Å². The molecular weight excluding hydrogens is 216 g/mol. The lowest BCUT2D eigenvalue weighted by Crippen LogP contribution is -2.57. The SMILES string of the molecule is CC(C)(C)OC(=O)N1CCCC12CC(CN)C2. The van der Waals surface area contributed by atoms with E-state index in [0.29, 0.717) is 5.92 Å². The van der Waals surface area contributed by atoms with Gasteiger partial charge in [0.2, 0.25) is 0 Å². The van der Waals surface area contributed by atoms with Crippen LogP contribution in [0.25, 0.3) is 0 Å². The predicted molar refractivity (Wildman–Crippen MR) is 66.7 cm³/mol. The van der Waals surface area contributed by atoms with Crippen LogP contribution < -0.4 is 5.73 Å². The third-order valence-corrected chi connectivity index (χ3v) is 3.88. The van der Waals surface area contributed by atoms with Crippen LogP contribution in [0.1, 0.15) is 46.5 Å². The van der Waals surface area contributed by atoms with Crippen molar-refractivity contribution in [2.45, 2.75) is 57.6 Å². The molecule has 0 aromatic rings. The second kappa shape index (κ2) is 4.16. The Labute approximate surface area is 103 Å². The lowest BCUT2D eigenvalue weighted by Gasteiger charge is -2.50. The first-order valence-corrected chi connectivity index (χ1v) is 6.57. The van der Waals surface area contributed by atoms with Gasteiger partial charge in [-0.1, -0.05) is 0 Å². The molecule has 1 spiro atoms. The van der Waals surface area contributed by atoms with E-state index in [4.69, 9.17) is 10.5 Å². The number of hydrogen-bond acceptors (Lipinski definition) is 3. The minimum absolute atomic E-state index is 0.0758. The standard InChI is InChI=1S/C13H24N2O2/c1-12(2,3)17-11(16)15-6-4-5-13(15)7-10(8-13)9-14/h10H,4-9,14H2,1-3H3. The highest BCUT2D eigenvalue weighted by atomic mass is 16.6. The number of nitrogens with two attached hydrogens (primary N) is 1. The monoisotopic (exact) mass is 240 g/mol. The summed E-state index contributed by atoms with van der Waals surface area (Å²) in [5.74, 6) is 0.595. The van der Waals surface area contributed by atoms with Crippen molar-refractivity contribution in [2.75, 3.05) is 13.1 Å². The fourth-order valence-corrected chi connectivity index (χ4v) is 3.15. The Morgan fingerprint density at radius 1 is 1.47 bits per heavy atom. The summed E-state index contributed by atoms with van der Waals surface area (Å²) in [7, 11) is 0. The second-order valence-electron chi connectivity index (χ2n) is 6.47. The molecule has 0 unspecified atom stereocenters. The average Bonchev–Trinajstić information content (AvgIpc) is 2.55. The molecule has 2 rings (SSSR count). The highest BCUT2D eigenvalue weighted by Gasteiger charge is 2.52. The molecule has 98 valence electrons. The molecule has 4 nitrogen and oxygen atoms in total. The minimum Gasteiger partial charge on any atom is -0.444 e. The van der Waals surface area contributed by atoms with Crippen molar-refractivity contribution in [3.05, 3.63) is 0 Å². The van der Waals surface area contributed by atoms with Gasteiger partial charge in [-0.2, -0.15) is 0 Å². The van der Waals surface area contributed by atoms with E-state index < -0.39 is 5.60 Å². The van der Waals surface area contributed by atoms with Gasteiger partial charge in [-0.15, -0.1) is 0 Å². The van der Waals surface area contributed by atoms with Crippen molar-refractivity contribution in [3.8, 4) is 0 Å². The highest BCUT2D eigenvalue weighted by molar-refractivity contribution is 5.70. The molecule has 0 atom stereocenters. The molecule has 1 saturated heterocycles. The molecule has 1 aliphatic heterocycles. The fourth-order valence-electron chi connectivity index (χ4n) is 3.15. The molecule has 0 aromatic heterocycles. The summed E-state index contributed by atoms with van der Waals surface area (Å²) in [5.41, 5.74) is 5.34. The first kappa shape index (κ1) is 12.7. The third-order valence-electron chi connectivity index (χ3n) is 3.88. The molecule has 1 saturated carbocycles. The molecule has 1 aliphatic carbocycles. The summed E-state index contributed by atoms with van der Waals surface area (Å²) < 4.78 is 5.48. The molecule has 2 N–H and O–H groups in total. The number of rotatable bonds is 1. The van der Waals surface area contributed by atoms with Crippen LogP contribution in [0.15, 0.2) is 0 Å². The van der Waals surface area contributed by atoms with Gasteiger partial charge >= 0.3 is 6.09 Å². The van der Waals surface area contributed by atoms with Gasteiger partial charge in [-0.05, 0) is 58.9 Å². The zero-order valence-corrected chi connectivity index (χ0v) is 11.2. The number of likely N-dealkylation sites (tertiary alicyclic amines) is 1. The van der Waals surface area contributed by atoms with Crippen LogP contribution in [-0.2, 0) is 4.74 Å². The molecule has 4 heteroatoms. The largest absolute Gasteiger partial charge is 0.444 e. The fraction of sp³-hybridized carbons (Fsp3) is 0.923. The molecule has 17 heavy (non-hydrogen) atoms. The highest BCUT2D eigenvalue weighted by Crippen LogP contribution is 2.49. The molecule has 1 amide bonds. The minimum atomic E-state index is -0.405. The molecular formula is C13H24N2O2. The molecule has 2 aliphatic rings. The maximum atomic E-state index is 12.1. The van der Waals surface area contributed by atoms with Crippen LogP contribution in [-0.4, -0.2) is 35.2 Å². The number of carbonyl (C=O) groups is 1. The molecule has 0 radical (unpaired) electrons. The van der Waals surface area contributed by atoms with Gasteiger partial charge in [0.25, 0.3) is 0 Å². The Kier molecular flexibility index (Phi) is 3.10. The number of hydrogen-bond donors (Lipinski definition) is 1. The van der Waals surface area contributed by atoms with E-state index in [2.05, 4.69) is 0 Å². The Bertz CT molecular complexity index is 303. The smallest absolute Gasteiger partial charge is 0.410 e. The van der Waals surface area contributed by atoms with Crippen LogP contribution in [0.4, 0.5) is 4.79 Å². The van der Waals surface area contributed by atoms with Gasteiger partial charge in [0.15, 0.2) is 0 Å². The molecule has 0 aromatic carbocycles. The lowest BCUT2D eigenvalue weighted by atomic mass is 9.67. The summed E-state index contributed by atoms with van der Waals surface area (Å²) in [4.78, 5) is 14.1. The van der Waals surface area contributed by atoms with Crippen LogP contribution in [0.2, 0.25) is 0 Å². The van der Waals surface area contributed by atoms with E-state index in [1.54, 1.807) is 0 Å². The van der Waals surface area contributed by atoms with Crippen LogP contribution in [0.3, 0.4) is 0 Å². The maximum Gasteiger partial charge on any atom is 0.410 e. The summed E-state index contributed by atoms with van der Waals surface area (Å²) in [6.45, 7) is 7.32. The maximum absolute atomic E-state index is 12.1. The molecule has 2 fully saturated rings. The van der Waals surface area contributed by atoms with Gasteiger partial charge in [0.1, 0.15) is 5.60 Å². The van der Waals surface area contributed by atoms with Gasteiger partial charge in [0, 0.05) is 12.1 Å². The Morgan fingerprint density at radius 2 is 2.12 bits per heavy atom. The van der Waals surface area contributed by atoms with Crippen LogP contribution >= 0.6 is 0 Å². The van der Waals surface area contributed by atoms with Crippen molar-refractivity contribution >= 4 is 6.09 Å². The normalized spacial score (nSPS) is 32.7. The van der Waals surface area contributed by atoms with Crippen molar-refractivity contribution in [2.24, 2.45) is 11.7 Å². The second-order valence-corrected chi connectivity index (χ2v) is 6.47. The van der Waals surface area contributed by atoms with E-state index in [1.807, 2.05) is 25.7 Å². The van der Waals surface area contributed by atoms with E-state index in [1.165, 1.54) is 0 Å². The van der Waals surface area contributed by atoms with E-state index in [-0.39, 0.29) is 11.6 Å². The van der Waals surface area contributed by atoms with Gasteiger partial charge in [0.05, 0.1) is 0 Å². The number of nitrogens with zero attached hydrogens (tertiary/aromatic N) is 1. The average molecular weight is 240 g/mol.